The third-order valence-electron chi connectivity index (χ3n) is 4.74. The number of carbonyl (C=O) groups excluding carboxylic acids is 2. The maximum absolute atomic E-state index is 13.6. The van der Waals surface area contributed by atoms with Crippen LogP contribution in [-0.2, 0) is 9.59 Å². The standard InChI is InChI=1S/C20H15FN4O4S/c21-15-7-6-14(9-17(15)25(28)29)24-10-13(8-18(24)26)19(27)23-20-22-16(11-30-20)12-4-2-1-3-5-12/h1-7,9,11,13H,8,10H2,(H,22,23,27). The molecule has 152 valence electrons. The third kappa shape index (κ3) is 3.90. The number of carbonyl (C=O) groups is 2. The molecule has 0 aliphatic carbocycles. The highest BCUT2D eigenvalue weighted by Gasteiger charge is 2.36. The van der Waals surface area contributed by atoms with E-state index >= 15 is 0 Å². The summed E-state index contributed by atoms with van der Waals surface area (Å²) in [4.78, 5) is 40.7. The van der Waals surface area contributed by atoms with E-state index in [1.807, 2.05) is 35.7 Å². The molecular formula is C20H15FN4O4S. The van der Waals surface area contributed by atoms with Gasteiger partial charge in [0.25, 0.3) is 0 Å². The van der Waals surface area contributed by atoms with Gasteiger partial charge in [0.2, 0.25) is 17.6 Å². The first-order valence-electron chi connectivity index (χ1n) is 8.98. The summed E-state index contributed by atoms with van der Waals surface area (Å²) in [6, 6.07) is 12.7. The lowest BCUT2D eigenvalue weighted by Gasteiger charge is -2.16. The summed E-state index contributed by atoms with van der Waals surface area (Å²) in [6.07, 6.45) is -0.0477. The molecule has 3 aromatic rings. The van der Waals surface area contributed by atoms with E-state index in [-0.39, 0.29) is 30.5 Å². The monoisotopic (exact) mass is 426 g/mol. The van der Waals surface area contributed by atoms with Crippen LogP contribution in [0.2, 0.25) is 0 Å². The summed E-state index contributed by atoms with van der Waals surface area (Å²) in [5.74, 6) is -2.36. The van der Waals surface area contributed by atoms with E-state index in [1.54, 1.807) is 0 Å². The van der Waals surface area contributed by atoms with Crippen LogP contribution in [0.4, 0.5) is 20.9 Å². The SMILES string of the molecule is O=C(Nc1nc(-c2ccccc2)cs1)C1CC(=O)N(c2ccc(F)c([N+](=O)[O-])c2)C1. The second-order valence-corrected chi connectivity index (χ2v) is 7.55. The number of nitrogens with one attached hydrogen (secondary N) is 1. The van der Waals surface area contributed by atoms with Gasteiger partial charge < -0.3 is 10.2 Å². The number of amides is 2. The number of nitro benzene ring substituents is 1. The average Bonchev–Trinajstić information content (AvgIpc) is 3.36. The second-order valence-electron chi connectivity index (χ2n) is 6.69. The van der Waals surface area contributed by atoms with Gasteiger partial charge >= 0.3 is 5.69 Å². The summed E-state index contributed by atoms with van der Waals surface area (Å²) < 4.78 is 13.6. The molecule has 1 fully saturated rings. The molecule has 0 bridgehead atoms. The van der Waals surface area contributed by atoms with Crippen molar-refractivity contribution in [1.29, 1.82) is 0 Å². The number of anilines is 2. The highest BCUT2D eigenvalue weighted by molar-refractivity contribution is 7.14. The third-order valence-corrected chi connectivity index (χ3v) is 5.50. The van der Waals surface area contributed by atoms with Crippen molar-refractivity contribution in [2.75, 3.05) is 16.8 Å². The molecule has 30 heavy (non-hydrogen) atoms. The number of aromatic nitrogens is 1. The van der Waals surface area contributed by atoms with E-state index < -0.39 is 22.3 Å². The van der Waals surface area contributed by atoms with Crippen molar-refractivity contribution in [2.45, 2.75) is 6.42 Å². The minimum Gasteiger partial charge on any atom is -0.311 e. The fourth-order valence-electron chi connectivity index (χ4n) is 3.22. The number of halogens is 1. The first kappa shape index (κ1) is 19.6. The van der Waals surface area contributed by atoms with Gasteiger partial charge in [-0.2, -0.15) is 4.39 Å². The number of hydrogen-bond acceptors (Lipinski definition) is 6. The Hall–Kier alpha value is -3.66. The van der Waals surface area contributed by atoms with Crippen LogP contribution in [0.1, 0.15) is 6.42 Å². The minimum atomic E-state index is -0.984. The first-order valence-corrected chi connectivity index (χ1v) is 9.86. The van der Waals surface area contributed by atoms with Gasteiger partial charge in [-0.1, -0.05) is 30.3 Å². The summed E-state index contributed by atoms with van der Waals surface area (Å²) in [7, 11) is 0. The van der Waals surface area contributed by atoms with Crippen molar-refractivity contribution in [3.05, 3.63) is 69.8 Å². The number of hydrogen-bond donors (Lipinski definition) is 1. The van der Waals surface area contributed by atoms with Crippen molar-refractivity contribution >= 4 is 39.7 Å². The number of nitro groups is 1. The molecule has 2 heterocycles. The van der Waals surface area contributed by atoms with E-state index in [1.165, 1.54) is 22.3 Å². The summed E-state index contributed by atoms with van der Waals surface area (Å²) in [5, 5.41) is 15.9. The first-order chi connectivity index (χ1) is 14.4. The Kier molecular flexibility index (Phi) is 5.23. The molecule has 8 nitrogen and oxygen atoms in total. The number of thiazole rings is 1. The molecule has 1 aromatic heterocycles. The topological polar surface area (TPSA) is 105 Å². The van der Waals surface area contributed by atoms with Gasteiger partial charge in [-0.15, -0.1) is 11.3 Å². The molecule has 2 amide bonds. The highest BCUT2D eigenvalue weighted by atomic mass is 32.1. The maximum Gasteiger partial charge on any atom is 0.306 e. The Bertz CT molecular complexity index is 1130. The smallest absolute Gasteiger partial charge is 0.306 e. The van der Waals surface area contributed by atoms with E-state index in [4.69, 9.17) is 0 Å². The summed E-state index contributed by atoms with van der Waals surface area (Å²) >= 11 is 1.28. The fraction of sp³-hybridized carbons (Fsp3) is 0.150. The van der Waals surface area contributed by atoms with Crippen LogP contribution in [0.25, 0.3) is 11.3 Å². The van der Waals surface area contributed by atoms with Crippen LogP contribution in [0.15, 0.2) is 53.9 Å². The van der Waals surface area contributed by atoms with Gasteiger partial charge in [-0.05, 0) is 12.1 Å². The Morgan fingerprint density at radius 1 is 1.27 bits per heavy atom. The van der Waals surface area contributed by atoms with E-state index in [0.29, 0.717) is 5.13 Å². The van der Waals surface area contributed by atoms with Crippen molar-refractivity contribution in [3.63, 3.8) is 0 Å². The molecule has 1 aliphatic heterocycles. The molecule has 1 N–H and O–H groups in total. The Morgan fingerprint density at radius 2 is 2.03 bits per heavy atom. The Morgan fingerprint density at radius 3 is 2.77 bits per heavy atom. The van der Waals surface area contributed by atoms with Gasteiger partial charge in [0.1, 0.15) is 0 Å². The van der Waals surface area contributed by atoms with Crippen LogP contribution in [0.3, 0.4) is 0 Å². The van der Waals surface area contributed by atoms with Gasteiger partial charge in [-0.3, -0.25) is 19.7 Å². The molecule has 10 heteroatoms. The second kappa shape index (κ2) is 7.99. The van der Waals surface area contributed by atoms with E-state index in [9.17, 15) is 24.1 Å². The van der Waals surface area contributed by atoms with Crippen LogP contribution < -0.4 is 10.2 Å². The highest BCUT2D eigenvalue weighted by Crippen LogP contribution is 2.31. The van der Waals surface area contributed by atoms with Gasteiger partial charge in [0.15, 0.2) is 5.13 Å². The minimum absolute atomic E-state index is 0.0460. The fourth-order valence-corrected chi connectivity index (χ4v) is 3.94. The van der Waals surface area contributed by atoms with E-state index in [0.717, 1.165) is 23.4 Å². The average molecular weight is 426 g/mol. The predicted molar refractivity (Wildman–Crippen MR) is 110 cm³/mol. The Labute approximate surface area is 174 Å². The van der Waals surface area contributed by atoms with E-state index in [2.05, 4.69) is 10.3 Å². The lowest BCUT2D eigenvalue weighted by molar-refractivity contribution is -0.387. The molecule has 0 spiro atoms. The van der Waals surface area contributed by atoms with Gasteiger partial charge in [0, 0.05) is 30.0 Å². The number of benzene rings is 2. The normalized spacial score (nSPS) is 16.0. The zero-order chi connectivity index (χ0) is 21.3. The lowest BCUT2D eigenvalue weighted by Crippen LogP contribution is -2.28. The van der Waals surface area contributed by atoms with Crippen molar-refractivity contribution in [2.24, 2.45) is 5.92 Å². The molecule has 1 saturated heterocycles. The molecule has 0 radical (unpaired) electrons. The van der Waals surface area contributed by atoms with Crippen LogP contribution >= 0.6 is 11.3 Å². The number of nitrogens with zero attached hydrogens (tertiary/aromatic N) is 3. The quantitative estimate of drug-likeness (QED) is 0.493. The largest absolute Gasteiger partial charge is 0.311 e. The summed E-state index contributed by atoms with van der Waals surface area (Å²) in [6.45, 7) is 0.0460. The zero-order valence-corrected chi connectivity index (χ0v) is 16.3. The van der Waals surface area contributed by atoms with Crippen molar-refractivity contribution in [3.8, 4) is 11.3 Å². The number of rotatable bonds is 5. The van der Waals surface area contributed by atoms with Crippen LogP contribution in [0.5, 0.6) is 0 Å². The van der Waals surface area contributed by atoms with Crippen LogP contribution in [-0.4, -0.2) is 28.3 Å². The van der Waals surface area contributed by atoms with Gasteiger partial charge in [-0.25, -0.2) is 4.98 Å². The lowest BCUT2D eigenvalue weighted by atomic mass is 10.1. The predicted octanol–water partition coefficient (Wildman–Crippen LogP) is 3.85. The molecular weight excluding hydrogens is 411 g/mol. The summed E-state index contributed by atoms with van der Waals surface area (Å²) in [5.41, 5.74) is 1.13. The molecule has 4 rings (SSSR count). The van der Waals surface area contributed by atoms with Gasteiger partial charge in [0.05, 0.1) is 22.2 Å². The zero-order valence-electron chi connectivity index (χ0n) is 15.4. The Balaban J connectivity index is 1.46. The molecule has 0 saturated carbocycles. The molecule has 1 atom stereocenters. The molecule has 2 aromatic carbocycles. The molecule has 1 aliphatic rings. The van der Waals surface area contributed by atoms with Crippen molar-refractivity contribution < 1.29 is 18.9 Å². The molecule has 1 unspecified atom stereocenters. The maximum atomic E-state index is 13.6. The van der Waals surface area contributed by atoms with Crippen LogP contribution in [0, 0.1) is 21.8 Å². The van der Waals surface area contributed by atoms with Crippen molar-refractivity contribution in [1.82, 2.24) is 4.98 Å².